The zero-order valence-electron chi connectivity index (χ0n) is 19.5. The Balaban J connectivity index is 5.62. The standard InChI is InChI=1S/C20H33N5O10/c1-3-9(2)16(25-17(31)10(21)4-6-14(27)28)19(33)23-11(5-7-15(29)30)18(32)24-12(20(34)35)8-13(22)26/h9-12,16H,3-8,21H2,1-2H3,(H2,22,26)(H,23,33)(H,24,32)(H,25,31)(H,27,28)(H,29,30)(H,34,35). The van der Waals surface area contributed by atoms with Crippen molar-refractivity contribution in [3.8, 4) is 0 Å². The number of aliphatic carboxylic acids is 3. The fourth-order valence-electron chi connectivity index (χ4n) is 2.84. The molecular weight excluding hydrogens is 470 g/mol. The lowest BCUT2D eigenvalue weighted by atomic mass is 9.96. The largest absolute Gasteiger partial charge is 0.481 e. The van der Waals surface area contributed by atoms with Crippen molar-refractivity contribution >= 4 is 41.5 Å². The lowest BCUT2D eigenvalue weighted by Gasteiger charge is -2.27. The second-order valence-electron chi connectivity index (χ2n) is 7.97. The van der Waals surface area contributed by atoms with Gasteiger partial charge in [0.05, 0.1) is 12.5 Å². The molecule has 0 radical (unpaired) electrons. The van der Waals surface area contributed by atoms with E-state index < -0.39 is 90.9 Å². The molecule has 0 spiro atoms. The molecule has 0 aromatic rings. The summed E-state index contributed by atoms with van der Waals surface area (Å²) in [6, 6.07) is -5.66. The van der Waals surface area contributed by atoms with Crippen LogP contribution in [-0.2, 0) is 33.6 Å². The highest BCUT2D eigenvalue weighted by Gasteiger charge is 2.33. The van der Waals surface area contributed by atoms with Crippen LogP contribution in [0.15, 0.2) is 0 Å². The molecule has 0 aliphatic heterocycles. The fraction of sp³-hybridized carbons (Fsp3) is 0.650. The van der Waals surface area contributed by atoms with E-state index in [1.807, 2.05) is 5.32 Å². The maximum Gasteiger partial charge on any atom is 0.326 e. The van der Waals surface area contributed by atoms with Crippen molar-refractivity contribution in [1.82, 2.24) is 16.0 Å². The minimum atomic E-state index is -1.71. The number of nitrogens with one attached hydrogen (secondary N) is 3. The smallest absolute Gasteiger partial charge is 0.326 e. The number of amides is 4. The Kier molecular flexibility index (Phi) is 13.6. The van der Waals surface area contributed by atoms with E-state index in [1.54, 1.807) is 13.8 Å². The quantitative estimate of drug-likeness (QED) is 0.103. The van der Waals surface area contributed by atoms with Crippen molar-refractivity contribution in [1.29, 1.82) is 0 Å². The van der Waals surface area contributed by atoms with Gasteiger partial charge in [0.15, 0.2) is 0 Å². The van der Waals surface area contributed by atoms with Gasteiger partial charge in [-0.15, -0.1) is 0 Å². The van der Waals surface area contributed by atoms with Crippen LogP contribution < -0.4 is 27.4 Å². The first-order valence-electron chi connectivity index (χ1n) is 10.8. The van der Waals surface area contributed by atoms with Gasteiger partial charge >= 0.3 is 17.9 Å². The number of carbonyl (C=O) groups is 7. The van der Waals surface area contributed by atoms with E-state index in [0.29, 0.717) is 6.42 Å². The molecule has 0 heterocycles. The van der Waals surface area contributed by atoms with E-state index in [0.717, 1.165) is 0 Å². The normalized spacial score (nSPS) is 14.9. The summed E-state index contributed by atoms with van der Waals surface area (Å²) in [5, 5.41) is 33.6. The summed E-state index contributed by atoms with van der Waals surface area (Å²) in [6.07, 6.45) is -1.88. The second kappa shape index (κ2) is 15.2. The molecule has 5 unspecified atom stereocenters. The first-order chi connectivity index (χ1) is 16.2. The molecule has 0 rings (SSSR count). The van der Waals surface area contributed by atoms with Crippen LogP contribution in [0.1, 0.15) is 52.4 Å². The number of carboxylic acid groups (broad SMARTS) is 3. The van der Waals surface area contributed by atoms with Gasteiger partial charge in [-0.1, -0.05) is 20.3 Å². The topological polar surface area (TPSA) is 268 Å². The number of carboxylic acids is 3. The Labute approximate surface area is 201 Å². The highest BCUT2D eigenvalue weighted by molar-refractivity contribution is 5.95. The van der Waals surface area contributed by atoms with E-state index >= 15 is 0 Å². The van der Waals surface area contributed by atoms with Crippen LogP contribution in [0.2, 0.25) is 0 Å². The Bertz CT molecular complexity index is 818. The average Bonchev–Trinajstić information content (AvgIpc) is 2.76. The van der Waals surface area contributed by atoms with Crippen LogP contribution in [0.3, 0.4) is 0 Å². The minimum absolute atomic E-state index is 0.184. The van der Waals surface area contributed by atoms with Gasteiger partial charge in [0.2, 0.25) is 23.6 Å². The van der Waals surface area contributed by atoms with Gasteiger partial charge in [-0.3, -0.25) is 28.8 Å². The molecule has 0 aromatic carbocycles. The summed E-state index contributed by atoms with van der Waals surface area (Å²) in [5.41, 5.74) is 10.7. The van der Waals surface area contributed by atoms with Crippen LogP contribution in [0.25, 0.3) is 0 Å². The summed E-state index contributed by atoms with van der Waals surface area (Å²) < 4.78 is 0. The highest BCUT2D eigenvalue weighted by Crippen LogP contribution is 2.11. The van der Waals surface area contributed by atoms with Gasteiger partial charge < -0.3 is 42.7 Å². The Morgan fingerprint density at radius 2 is 1.29 bits per heavy atom. The Morgan fingerprint density at radius 3 is 1.74 bits per heavy atom. The SMILES string of the molecule is CCC(C)C(NC(=O)C(N)CCC(=O)O)C(=O)NC(CCC(=O)O)C(=O)NC(CC(N)=O)C(=O)O. The molecule has 15 heteroatoms. The van der Waals surface area contributed by atoms with Crippen molar-refractivity contribution in [3.05, 3.63) is 0 Å². The van der Waals surface area contributed by atoms with Gasteiger partial charge in [-0.25, -0.2) is 4.79 Å². The molecule has 35 heavy (non-hydrogen) atoms. The molecule has 5 atom stereocenters. The second-order valence-corrected chi connectivity index (χ2v) is 7.97. The fourth-order valence-corrected chi connectivity index (χ4v) is 2.84. The maximum absolute atomic E-state index is 12.9. The van der Waals surface area contributed by atoms with E-state index in [-0.39, 0.29) is 12.8 Å². The first-order valence-corrected chi connectivity index (χ1v) is 10.8. The lowest BCUT2D eigenvalue weighted by molar-refractivity contribution is -0.144. The van der Waals surface area contributed by atoms with Crippen molar-refractivity contribution in [2.75, 3.05) is 0 Å². The minimum Gasteiger partial charge on any atom is -0.481 e. The van der Waals surface area contributed by atoms with Gasteiger partial charge in [0.25, 0.3) is 0 Å². The van der Waals surface area contributed by atoms with Gasteiger partial charge in [0, 0.05) is 12.8 Å². The zero-order valence-corrected chi connectivity index (χ0v) is 19.5. The molecule has 10 N–H and O–H groups in total. The third-order valence-electron chi connectivity index (χ3n) is 5.10. The summed E-state index contributed by atoms with van der Waals surface area (Å²) in [4.78, 5) is 82.0. The predicted molar refractivity (Wildman–Crippen MR) is 118 cm³/mol. The first kappa shape index (κ1) is 31.2. The summed E-state index contributed by atoms with van der Waals surface area (Å²) in [6.45, 7) is 3.34. The maximum atomic E-state index is 12.9. The summed E-state index contributed by atoms with van der Waals surface area (Å²) >= 11 is 0. The van der Waals surface area contributed by atoms with Crippen molar-refractivity contribution < 1.29 is 48.9 Å². The molecule has 15 nitrogen and oxygen atoms in total. The monoisotopic (exact) mass is 503 g/mol. The third-order valence-corrected chi connectivity index (χ3v) is 5.10. The summed E-state index contributed by atoms with van der Waals surface area (Å²) in [7, 11) is 0. The molecule has 4 amide bonds. The Morgan fingerprint density at radius 1 is 0.771 bits per heavy atom. The molecule has 0 bridgehead atoms. The van der Waals surface area contributed by atoms with Crippen molar-refractivity contribution in [2.45, 2.75) is 76.5 Å². The molecule has 0 aliphatic rings. The Hall–Kier alpha value is -3.75. The lowest BCUT2D eigenvalue weighted by Crippen LogP contribution is -2.58. The highest BCUT2D eigenvalue weighted by atomic mass is 16.4. The molecule has 0 fully saturated rings. The molecule has 0 saturated heterocycles. The molecule has 0 aromatic heterocycles. The third kappa shape index (κ3) is 12.3. The van der Waals surface area contributed by atoms with Crippen LogP contribution in [-0.4, -0.2) is 81.0 Å². The van der Waals surface area contributed by atoms with Gasteiger partial charge in [0.1, 0.15) is 18.1 Å². The molecule has 198 valence electrons. The van der Waals surface area contributed by atoms with E-state index in [2.05, 4.69) is 10.6 Å². The number of hydrogen-bond donors (Lipinski definition) is 8. The van der Waals surface area contributed by atoms with Gasteiger partial charge in [-0.2, -0.15) is 0 Å². The molecule has 0 aliphatic carbocycles. The van der Waals surface area contributed by atoms with Gasteiger partial charge in [-0.05, 0) is 18.8 Å². The van der Waals surface area contributed by atoms with Crippen molar-refractivity contribution in [3.63, 3.8) is 0 Å². The number of rotatable bonds is 17. The average molecular weight is 504 g/mol. The van der Waals surface area contributed by atoms with Crippen LogP contribution in [0.4, 0.5) is 0 Å². The van der Waals surface area contributed by atoms with Crippen LogP contribution >= 0.6 is 0 Å². The number of hydrogen-bond acceptors (Lipinski definition) is 8. The number of carbonyl (C=O) groups excluding carboxylic acids is 4. The van der Waals surface area contributed by atoms with Crippen LogP contribution in [0, 0.1) is 5.92 Å². The number of nitrogens with two attached hydrogens (primary N) is 2. The predicted octanol–water partition coefficient (Wildman–Crippen LogP) is -2.50. The molecule has 0 saturated carbocycles. The molecular formula is C20H33N5O10. The summed E-state index contributed by atoms with van der Waals surface area (Å²) in [5.74, 6) is -8.25. The van der Waals surface area contributed by atoms with E-state index in [9.17, 15) is 38.7 Å². The van der Waals surface area contributed by atoms with Crippen molar-refractivity contribution in [2.24, 2.45) is 17.4 Å². The zero-order chi connectivity index (χ0) is 27.3. The van der Waals surface area contributed by atoms with E-state index in [1.165, 1.54) is 0 Å². The van der Waals surface area contributed by atoms with E-state index in [4.69, 9.17) is 21.7 Å². The van der Waals surface area contributed by atoms with Crippen LogP contribution in [0.5, 0.6) is 0 Å². The number of primary amides is 1.